The summed E-state index contributed by atoms with van der Waals surface area (Å²) in [5, 5.41) is 19.8. The number of β-amino-alcohol motifs (C(OH)–C–C–N with tert-alkyl or cyclic N) is 1. The lowest BCUT2D eigenvalue weighted by molar-refractivity contribution is 0.120. The Morgan fingerprint density at radius 2 is 1.56 bits per heavy atom. The Bertz CT molecular complexity index is 671. The quantitative estimate of drug-likeness (QED) is 0.876. The highest BCUT2D eigenvalue weighted by molar-refractivity contribution is 5.27. The lowest BCUT2D eigenvalue weighted by Crippen LogP contribution is -2.28. The lowest BCUT2D eigenvalue weighted by atomic mass is 9.96. The second-order valence-corrected chi connectivity index (χ2v) is 7.87. The van der Waals surface area contributed by atoms with E-state index in [4.69, 9.17) is 0 Å². The van der Waals surface area contributed by atoms with Gasteiger partial charge in [0, 0.05) is 19.6 Å². The summed E-state index contributed by atoms with van der Waals surface area (Å²) in [6, 6.07) is 17.8. The van der Waals surface area contributed by atoms with E-state index in [9.17, 15) is 10.2 Å². The average Bonchev–Trinajstić information content (AvgIpc) is 3.14. The molecule has 1 aliphatic heterocycles. The van der Waals surface area contributed by atoms with Crippen molar-refractivity contribution < 1.29 is 10.2 Å². The van der Waals surface area contributed by atoms with Crippen LogP contribution in [0.2, 0.25) is 0 Å². The van der Waals surface area contributed by atoms with Crippen LogP contribution in [0.4, 0.5) is 0 Å². The van der Waals surface area contributed by atoms with Crippen LogP contribution >= 0.6 is 0 Å². The second-order valence-electron chi connectivity index (χ2n) is 7.87. The van der Waals surface area contributed by atoms with Gasteiger partial charge in [0.15, 0.2) is 0 Å². The molecule has 132 valence electrons. The molecule has 0 amide bonds. The molecule has 0 spiro atoms. The van der Waals surface area contributed by atoms with Gasteiger partial charge < -0.3 is 10.2 Å². The number of aliphatic hydroxyl groups is 1. The fourth-order valence-corrected chi connectivity index (χ4v) is 4.83. The third kappa shape index (κ3) is 3.88. The van der Waals surface area contributed by atoms with Crippen LogP contribution in [0, 0.1) is 17.8 Å². The Morgan fingerprint density at radius 1 is 0.920 bits per heavy atom. The number of nitrogens with zero attached hydrogens (tertiary/aromatic N) is 1. The number of phenolic OH excluding ortho intramolecular Hbond substituents is 1. The van der Waals surface area contributed by atoms with E-state index < -0.39 is 6.10 Å². The summed E-state index contributed by atoms with van der Waals surface area (Å²) < 4.78 is 0. The van der Waals surface area contributed by atoms with Crippen molar-refractivity contribution in [3.63, 3.8) is 0 Å². The minimum absolute atomic E-state index is 0.246. The van der Waals surface area contributed by atoms with Gasteiger partial charge in [-0.15, -0.1) is 0 Å². The summed E-state index contributed by atoms with van der Waals surface area (Å²) in [6.45, 7) is 2.93. The van der Waals surface area contributed by atoms with E-state index in [0.29, 0.717) is 6.54 Å². The first-order chi connectivity index (χ1) is 12.2. The Hall–Kier alpha value is -1.84. The highest BCUT2D eigenvalue weighted by atomic mass is 16.3. The Labute approximate surface area is 149 Å². The minimum Gasteiger partial charge on any atom is -0.508 e. The van der Waals surface area contributed by atoms with Gasteiger partial charge in [-0.25, -0.2) is 0 Å². The Morgan fingerprint density at radius 3 is 2.20 bits per heavy atom. The van der Waals surface area contributed by atoms with E-state index in [1.54, 1.807) is 12.1 Å². The maximum Gasteiger partial charge on any atom is 0.115 e. The summed E-state index contributed by atoms with van der Waals surface area (Å²) >= 11 is 0. The zero-order chi connectivity index (χ0) is 17.2. The number of likely N-dealkylation sites (tertiary alicyclic amines) is 1. The van der Waals surface area contributed by atoms with Crippen molar-refractivity contribution in [3.8, 4) is 5.75 Å². The molecule has 2 fully saturated rings. The van der Waals surface area contributed by atoms with Crippen LogP contribution in [0.1, 0.15) is 30.1 Å². The number of fused-ring (bicyclic) bond motifs is 1. The summed E-state index contributed by atoms with van der Waals surface area (Å²) in [5.41, 5.74) is 2.35. The van der Waals surface area contributed by atoms with E-state index in [-0.39, 0.29) is 5.75 Å². The van der Waals surface area contributed by atoms with Crippen molar-refractivity contribution in [1.29, 1.82) is 0 Å². The highest BCUT2D eigenvalue weighted by Crippen LogP contribution is 2.43. The van der Waals surface area contributed by atoms with Gasteiger partial charge in [-0.3, -0.25) is 4.90 Å². The zero-order valence-corrected chi connectivity index (χ0v) is 14.6. The molecule has 0 bridgehead atoms. The molecule has 2 aromatic carbocycles. The molecule has 1 saturated heterocycles. The number of hydrogen-bond acceptors (Lipinski definition) is 3. The van der Waals surface area contributed by atoms with Crippen LogP contribution in [0.5, 0.6) is 5.75 Å². The fraction of sp³-hybridized carbons (Fsp3) is 0.455. The number of rotatable bonds is 5. The molecule has 0 unspecified atom stereocenters. The molecule has 2 aliphatic rings. The highest BCUT2D eigenvalue weighted by Gasteiger charge is 2.40. The minimum atomic E-state index is -0.473. The smallest absolute Gasteiger partial charge is 0.115 e. The molecule has 1 heterocycles. The summed E-state index contributed by atoms with van der Waals surface area (Å²) in [5.74, 6) is 2.65. The lowest BCUT2D eigenvalue weighted by Gasteiger charge is -2.22. The first-order valence-electron chi connectivity index (χ1n) is 9.40. The van der Waals surface area contributed by atoms with Crippen LogP contribution in [0.25, 0.3) is 0 Å². The molecule has 1 saturated carbocycles. The van der Waals surface area contributed by atoms with Crippen LogP contribution in [0.15, 0.2) is 54.6 Å². The number of hydrogen-bond donors (Lipinski definition) is 2. The van der Waals surface area contributed by atoms with Crippen molar-refractivity contribution in [2.24, 2.45) is 17.8 Å². The molecule has 0 aromatic heterocycles. The predicted molar refractivity (Wildman–Crippen MR) is 99.4 cm³/mol. The summed E-state index contributed by atoms with van der Waals surface area (Å²) in [4.78, 5) is 2.42. The molecule has 1 aliphatic carbocycles. The number of aromatic hydroxyl groups is 1. The normalized spacial score (nSPS) is 25.2. The first-order valence-corrected chi connectivity index (χ1v) is 9.40. The van der Waals surface area contributed by atoms with E-state index in [1.807, 2.05) is 12.1 Å². The van der Waals surface area contributed by atoms with Crippen LogP contribution in [0.3, 0.4) is 0 Å². The monoisotopic (exact) mass is 337 g/mol. The zero-order valence-electron chi connectivity index (χ0n) is 14.6. The second kappa shape index (κ2) is 7.19. The molecule has 0 radical (unpaired) electrons. The van der Waals surface area contributed by atoms with Gasteiger partial charge in [0.25, 0.3) is 0 Å². The van der Waals surface area contributed by atoms with Crippen molar-refractivity contribution >= 4 is 0 Å². The van der Waals surface area contributed by atoms with Crippen LogP contribution in [-0.2, 0) is 6.42 Å². The van der Waals surface area contributed by atoms with E-state index >= 15 is 0 Å². The largest absolute Gasteiger partial charge is 0.508 e. The standard InChI is InChI=1S/C22H27NO2/c24-21-8-6-18(7-9-21)22(25)15-23-13-19-11-17(12-20(19)14-23)10-16-4-2-1-3-5-16/h1-9,17,19-20,22,24-25H,10-15H2/t19-,20-,22-/m0/s1. The van der Waals surface area contributed by atoms with Gasteiger partial charge in [0.1, 0.15) is 5.75 Å². The molecule has 3 heteroatoms. The number of aliphatic hydroxyl groups excluding tert-OH is 1. The first kappa shape index (κ1) is 16.6. The molecule has 2 N–H and O–H groups in total. The molecule has 3 nitrogen and oxygen atoms in total. The van der Waals surface area contributed by atoms with Gasteiger partial charge >= 0.3 is 0 Å². The summed E-state index contributed by atoms with van der Waals surface area (Å²) in [6.07, 6.45) is 3.39. The maximum atomic E-state index is 10.5. The third-order valence-electron chi connectivity index (χ3n) is 6.00. The summed E-state index contributed by atoms with van der Waals surface area (Å²) in [7, 11) is 0. The average molecular weight is 337 g/mol. The SMILES string of the molecule is Oc1ccc([C@@H](O)CN2C[C@@H]3CC(Cc4ccccc4)C[C@H]3C2)cc1. The molecule has 25 heavy (non-hydrogen) atoms. The van der Waals surface area contributed by atoms with Gasteiger partial charge in [0.05, 0.1) is 6.10 Å². The van der Waals surface area contributed by atoms with E-state index in [1.165, 1.54) is 24.8 Å². The molecular formula is C22H27NO2. The third-order valence-corrected chi connectivity index (χ3v) is 6.00. The van der Waals surface area contributed by atoms with Crippen LogP contribution < -0.4 is 0 Å². The molecule has 3 atom stereocenters. The van der Waals surface area contributed by atoms with Gasteiger partial charge in [-0.2, -0.15) is 0 Å². The maximum absolute atomic E-state index is 10.5. The Kier molecular flexibility index (Phi) is 4.78. The number of benzene rings is 2. The molecular weight excluding hydrogens is 310 g/mol. The van der Waals surface area contributed by atoms with E-state index in [2.05, 4.69) is 35.2 Å². The number of phenols is 1. The van der Waals surface area contributed by atoms with Crippen LogP contribution in [-0.4, -0.2) is 34.7 Å². The van der Waals surface area contributed by atoms with E-state index in [0.717, 1.165) is 36.4 Å². The van der Waals surface area contributed by atoms with Gasteiger partial charge in [-0.05, 0) is 60.3 Å². The molecule has 4 rings (SSSR count). The van der Waals surface area contributed by atoms with Gasteiger partial charge in [-0.1, -0.05) is 42.5 Å². The fourth-order valence-electron chi connectivity index (χ4n) is 4.83. The van der Waals surface area contributed by atoms with Crippen molar-refractivity contribution in [2.45, 2.75) is 25.4 Å². The molecule has 2 aromatic rings. The topological polar surface area (TPSA) is 43.7 Å². The van der Waals surface area contributed by atoms with Gasteiger partial charge in [0.2, 0.25) is 0 Å². The predicted octanol–water partition coefficient (Wildman–Crippen LogP) is 3.63. The van der Waals surface area contributed by atoms with Crippen molar-refractivity contribution in [3.05, 3.63) is 65.7 Å². The van der Waals surface area contributed by atoms with Crippen molar-refractivity contribution in [1.82, 2.24) is 4.90 Å². The van der Waals surface area contributed by atoms with Crippen molar-refractivity contribution in [2.75, 3.05) is 19.6 Å². The Balaban J connectivity index is 1.28.